The van der Waals surface area contributed by atoms with Crippen LogP contribution in [0.15, 0.2) is 41.3 Å². The Hall–Kier alpha value is -1.89. The molecular formula is C19H19Cl2NO4S. The SMILES string of the molecule is COC(=O)c1cc(CNC(=O)C(C)Sc2cc(Cl)ccc2Cl)ccc1OC. The van der Waals surface area contributed by atoms with Gasteiger partial charge in [0.15, 0.2) is 0 Å². The summed E-state index contributed by atoms with van der Waals surface area (Å²) in [4.78, 5) is 25.0. The summed E-state index contributed by atoms with van der Waals surface area (Å²) >= 11 is 13.4. The number of carbonyl (C=O) groups excluding carboxylic acids is 2. The monoisotopic (exact) mass is 427 g/mol. The van der Waals surface area contributed by atoms with Gasteiger partial charge in [-0.05, 0) is 42.8 Å². The maximum Gasteiger partial charge on any atom is 0.341 e. The Labute approximate surface area is 172 Å². The highest BCUT2D eigenvalue weighted by Gasteiger charge is 2.17. The van der Waals surface area contributed by atoms with E-state index in [1.54, 1.807) is 43.3 Å². The number of thioether (sulfide) groups is 1. The van der Waals surface area contributed by atoms with Crippen molar-refractivity contribution in [3.05, 3.63) is 57.6 Å². The molecule has 0 radical (unpaired) electrons. The second kappa shape index (κ2) is 9.88. The van der Waals surface area contributed by atoms with Crippen molar-refractivity contribution < 1.29 is 19.1 Å². The molecule has 5 nitrogen and oxygen atoms in total. The van der Waals surface area contributed by atoms with Gasteiger partial charge < -0.3 is 14.8 Å². The van der Waals surface area contributed by atoms with Crippen LogP contribution in [-0.4, -0.2) is 31.3 Å². The van der Waals surface area contributed by atoms with Gasteiger partial charge in [-0.25, -0.2) is 4.79 Å². The molecule has 2 aromatic carbocycles. The van der Waals surface area contributed by atoms with Crippen molar-refractivity contribution in [3.63, 3.8) is 0 Å². The lowest BCUT2D eigenvalue weighted by Gasteiger charge is -2.14. The number of benzene rings is 2. The minimum Gasteiger partial charge on any atom is -0.496 e. The van der Waals surface area contributed by atoms with E-state index in [9.17, 15) is 9.59 Å². The van der Waals surface area contributed by atoms with Crippen LogP contribution in [-0.2, 0) is 16.1 Å². The van der Waals surface area contributed by atoms with E-state index in [0.717, 1.165) is 10.5 Å². The van der Waals surface area contributed by atoms with Gasteiger partial charge in [0.1, 0.15) is 11.3 Å². The Bertz CT molecular complexity index is 844. The van der Waals surface area contributed by atoms with E-state index in [4.69, 9.17) is 32.7 Å². The van der Waals surface area contributed by atoms with Gasteiger partial charge in [0.25, 0.3) is 0 Å². The van der Waals surface area contributed by atoms with Crippen molar-refractivity contribution in [2.45, 2.75) is 23.6 Å². The zero-order chi connectivity index (χ0) is 20.0. The highest BCUT2D eigenvalue weighted by Crippen LogP contribution is 2.32. The number of methoxy groups -OCH3 is 2. The average molecular weight is 428 g/mol. The van der Waals surface area contributed by atoms with E-state index in [2.05, 4.69) is 5.32 Å². The highest BCUT2D eigenvalue weighted by molar-refractivity contribution is 8.00. The number of amides is 1. The number of ether oxygens (including phenoxy) is 2. The standard InChI is InChI=1S/C19H19Cl2NO4S/c1-11(27-17-9-13(20)5-6-15(17)21)18(23)22-10-12-4-7-16(25-2)14(8-12)19(24)26-3/h4-9,11H,10H2,1-3H3,(H,22,23). The molecule has 0 heterocycles. The predicted octanol–water partition coefficient (Wildman–Crippen LogP) is 4.59. The molecule has 1 N–H and O–H groups in total. The summed E-state index contributed by atoms with van der Waals surface area (Å²) in [6.07, 6.45) is 0. The highest BCUT2D eigenvalue weighted by atomic mass is 35.5. The summed E-state index contributed by atoms with van der Waals surface area (Å²) in [5.74, 6) is -0.248. The second-order valence-electron chi connectivity index (χ2n) is 5.58. The lowest BCUT2D eigenvalue weighted by atomic mass is 10.1. The molecule has 0 aliphatic carbocycles. The number of esters is 1. The van der Waals surface area contributed by atoms with E-state index in [1.165, 1.54) is 26.0 Å². The molecule has 1 unspecified atom stereocenters. The number of hydrogen-bond donors (Lipinski definition) is 1. The number of rotatable bonds is 7. The zero-order valence-corrected chi connectivity index (χ0v) is 17.4. The van der Waals surface area contributed by atoms with Gasteiger partial charge >= 0.3 is 5.97 Å². The van der Waals surface area contributed by atoms with Crippen LogP contribution in [0.5, 0.6) is 5.75 Å². The maximum atomic E-state index is 12.4. The van der Waals surface area contributed by atoms with Crippen LogP contribution in [0.1, 0.15) is 22.8 Å². The molecule has 0 fully saturated rings. The third-order valence-electron chi connectivity index (χ3n) is 3.70. The number of carbonyl (C=O) groups is 2. The van der Waals surface area contributed by atoms with Crippen molar-refractivity contribution >= 4 is 46.8 Å². The predicted molar refractivity (Wildman–Crippen MR) is 108 cm³/mol. The van der Waals surface area contributed by atoms with E-state index in [-0.39, 0.29) is 17.7 Å². The lowest BCUT2D eigenvalue weighted by Crippen LogP contribution is -2.30. The fourth-order valence-electron chi connectivity index (χ4n) is 2.28. The molecule has 0 saturated heterocycles. The first-order valence-electron chi connectivity index (χ1n) is 8.00. The topological polar surface area (TPSA) is 64.6 Å². The van der Waals surface area contributed by atoms with Gasteiger partial charge in [-0.3, -0.25) is 4.79 Å². The summed E-state index contributed by atoms with van der Waals surface area (Å²) < 4.78 is 9.91. The number of hydrogen-bond acceptors (Lipinski definition) is 5. The van der Waals surface area contributed by atoms with Gasteiger partial charge in [-0.2, -0.15) is 0 Å². The first kappa shape index (κ1) is 21.4. The van der Waals surface area contributed by atoms with E-state index >= 15 is 0 Å². The Balaban J connectivity index is 2.02. The number of nitrogens with one attached hydrogen (secondary N) is 1. The van der Waals surface area contributed by atoms with Crippen molar-refractivity contribution in [1.82, 2.24) is 5.32 Å². The van der Waals surface area contributed by atoms with E-state index in [1.807, 2.05) is 0 Å². The first-order valence-corrected chi connectivity index (χ1v) is 9.64. The van der Waals surface area contributed by atoms with Crippen molar-refractivity contribution in [1.29, 1.82) is 0 Å². The summed E-state index contributed by atoms with van der Waals surface area (Å²) in [6.45, 7) is 2.05. The molecule has 0 saturated carbocycles. The normalized spacial score (nSPS) is 11.6. The summed E-state index contributed by atoms with van der Waals surface area (Å²) in [5, 5.41) is 3.57. The average Bonchev–Trinajstić information content (AvgIpc) is 2.67. The van der Waals surface area contributed by atoms with Gasteiger partial charge in [-0.1, -0.05) is 29.3 Å². The molecule has 0 aliphatic heterocycles. The van der Waals surface area contributed by atoms with Crippen molar-refractivity contribution in [3.8, 4) is 5.75 Å². The van der Waals surface area contributed by atoms with Gasteiger partial charge in [0.2, 0.25) is 5.91 Å². The fourth-order valence-corrected chi connectivity index (χ4v) is 3.71. The third-order valence-corrected chi connectivity index (χ3v) is 5.54. The minimum atomic E-state index is -0.500. The van der Waals surface area contributed by atoms with Crippen LogP contribution >= 0.6 is 35.0 Å². The van der Waals surface area contributed by atoms with Crippen LogP contribution in [0, 0.1) is 0 Å². The Kier molecular flexibility index (Phi) is 7.83. The lowest BCUT2D eigenvalue weighted by molar-refractivity contribution is -0.120. The quantitative estimate of drug-likeness (QED) is 0.517. The van der Waals surface area contributed by atoms with Crippen molar-refractivity contribution in [2.24, 2.45) is 0 Å². The molecule has 27 heavy (non-hydrogen) atoms. The molecule has 0 aliphatic rings. The van der Waals surface area contributed by atoms with Gasteiger partial charge in [-0.15, -0.1) is 11.8 Å². The van der Waals surface area contributed by atoms with Crippen LogP contribution < -0.4 is 10.1 Å². The molecule has 0 bridgehead atoms. The molecular weight excluding hydrogens is 409 g/mol. The van der Waals surface area contributed by atoms with Crippen LogP contribution in [0.4, 0.5) is 0 Å². The van der Waals surface area contributed by atoms with Crippen LogP contribution in [0.3, 0.4) is 0 Å². The van der Waals surface area contributed by atoms with Crippen LogP contribution in [0.2, 0.25) is 10.0 Å². The third kappa shape index (κ3) is 5.79. The zero-order valence-electron chi connectivity index (χ0n) is 15.0. The summed E-state index contributed by atoms with van der Waals surface area (Å²) in [5.41, 5.74) is 1.06. The van der Waals surface area contributed by atoms with Crippen LogP contribution in [0.25, 0.3) is 0 Å². The summed E-state index contributed by atoms with van der Waals surface area (Å²) in [7, 11) is 2.78. The molecule has 2 aromatic rings. The molecule has 1 amide bonds. The molecule has 144 valence electrons. The Morgan fingerprint density at radius 1 is 1.15 bits per heavy atom. The molecule has 0 spiro atoms. The van der Waals surface area contributed by atoms with Gasteiger partial charge in [0, 0.05) is 16.5 Å². The second-order valence-corrected chi connectivity index (χ2v) is 7.81. The Morgan fingerprint density at radius 3 is 2.56 bits per heavy atom. The van der Waals surface area contributed by atoms with Crippen molar-refractivity contribution in [2.75, 3.05) is 14.2 Å². The summed E-state index contributed by atoms with van der Waals surface area (Å²) in [6, 6.07) is 10.2. The largest absolute Gasteiger partial charge is 0.496 e. The Morgan fingerprint density at radius 2 is 1.89 bits per heavy atom. The number of halogens is 2. The molecule has 8 heteroatoms. The maximum absolute atomic E-state index is 12.4. The minimum absolute atomic E-state index is 0.161. The molecule has 1 atom stereocenters. The van der Waals surface area contributed by atoms with E-state index < -0.39 is 5.97 Å². The van der Waals surface area contributed by atoms with Gasteiger partial charge in [0.05, 0.1) is 24.5 Å². The fraction of sp³-hybridized carbons (Fsp3) is 0.263. The van der Waals surface area contributed by atoms with E-state index in [0.29, 0.717) is 21.4 Å². The smallest absolute Gasteiger partial charge is 0.341 e. The molecule has 2 rings (SSSR count). The first-order chi connectivity index (χ1) is 12.8. The molecule has 0 aromatic heterocycles.